The molecule has 104 valence electrons. The summed E-state index contributed by atoms with van der Waals surface area (Å²) in [6.45, 7) is 1.54. The Morgan fingerprint density at radius 2 is 2.47 bits per heavy atom. The number of nitrogens with one attached hydrogen (secondary N) is 1. The van der Waals surface area contributed by atoms with Crippen LogP contribution in [0.4, 0.5) is 0 Å². The Balaban J connectivity index is 1.82. The molecule has 1 saturated heterocycles. The van der Waals surface area contributed by atoms with Gasteiger partial charge in [0.1, 0.15) is 5.54 Å². The minimum absolute atomic E-state index is 0.222. The highest BCUT2D eigenvalue weighted by Crippen LogP contribution is 2.38. The van der Waals surface area contributed by atoms with Crippen molar-refractivity contribution in [2.45, 2.75) is 43.7 Å². The summed E-state index contributed by atoms with van der Waals surface area (Å²) in [5.41, 5.74) is 6.13. The van der Waals surface area contributed by atoms with Crippen LogP contribution in [-0.4, -0.2) is 25.2 Å². The van der Waals surface area contributed by atoms with Crippen molar-refractivity contribution in [2.75, 3.05) is 13.2 Å². The molecule has 2 unspecified atom stereocenters. The number of nitrogens with two attached hydrogens (primary N) is 1. The first-order valence-electron chi connectivity index (χ1n) is 6.96. The number of ether oxygens (including phenoxy) is 1. The van der Waals surface area contributed by atoms with E-state index in [-0.39, 0.29) is 12.0 Å². The zero-order valence-electron chi connectivity index (χ0n) is 11.0. The summed E-state index contributed by atoms with van der Waals surface area (Å²) in [5.74, 6) is -0.259. The highest BCUT2D eigenvalue weighted by atomic mass is 32.1. The molecule has 0 radical (unpaired) electrons. The fourth-order valence-corrected chi connectivity index (χ4v) is 4.18. The molecule has 0 bridgehead atoms. The molecule has 3 N–H and O–H groups in total. The van der Waals surface area contributed by atoms with Crippen LogP contribution in [0, 0.1) is 0 Å². The second-order valence-corrected chi connectivity index (χ2v) is 6.40. The van der Waals surface area contributed by atoms with E-state index in [1.165, 1.54) is 4.88 Å². The van der Waals surface area contributed by atoms with Crippen molar-refractivity contribution in [3.8, 4) is 0 Å². The first-order valence-corrected chi connectivity index (χ1v) is 7.84. The van der Waals surface area contributed by atoms with Gasteiger partial charge in [0.2, 0.25) is 5.91 Å². The van der Waals surface area contributed by atoms with Gasteiger partial charge in [0.25, 0.3) is 0 Å². The molecule has 1 aromatic rings. The third-order valence-corrected chi connectivity index (χ3v) is 5.22. The van der Waals surface area contributed by atoms with Gasteiger partial charge in [-0.05, 0) is 49.1 Å². The fourth-order valence-electron chi connectivity index (χ4n) is 3.18. The largest absolute Gasteiger partial charge is 0.377 e. The van der Waals surface area contributed by atoms with Gasteiger partial charge < -0.3 is 10.5 Å². The highest BCUT2D eigenvalue weighted by molar-refractivity contribution is 7.10. The van der Waals surface area contributed by atoms with Gasteiger partial charge in [-0.1, -0.05) is 0 Å². The summed E-state index contributed by atoms with van der Waals surface area (Å²) in [4.78, 5) is 13.4. The Kier molecular flexibility index (Phi) is 3.60. The summed E-state index contributed by atoms with van der Waals surface area (Å²) in [6.07, 6.45) is 5.26. The van der Waals surface area contributed by atoms with Crippen LogP contribution >= 0.6 is 11.3 Å². The van der Waals surface area contributed by atoms with Crippen molar-refractivity contribution >= 4 is 17.2 Å². The number of carbonyl (C=O) groups is 1. The predicted octanol–water partition coefficient (Wildman–Crippen LogP) is 1.53. The summed E-state index contributed by atoms with van der Waals surface area (Å²) in [7, 11) is 0. The Labute approximate surface area is 117 Å². The number of aryl methyl sites for hydroxylation is 1. The van der Waals surface area contributed by atoms with Gasteiger partial charge in [-0.25, -0.2) is 0 Å². The molecule has 1 aliphatic heterocycles. The predicted molar refractivity (Wildman–Crippen MR) is 75.1 cm³/mol. The summed E-state index contributed by atoms with van der Waals surface area (Å²) < 4.78 is 5.63. The van der Waals surface area contributed by atoms with Gasteiger partial charge in [-0.15, -0.1) is 11.3 Å². The highest BCUT2D eigenvalue weighted by Gasteiger charge is 2.42. The van der Waals surface area contributed by atoms with E-state index >= 15 is 0 Å². The van der Waals surface area contributed by atoms with E-state index < -0.39 is 5.54 Å². The van der Waals surface area contributed by atoms with Crippen molar-refractivity contribution in [3.63, 3.8) is 0 Å². The first-order chi connectivity index (χ1) is 9.22. The summed E-state index contributed by atoms with van der Waals surface area (Å²) >= 11 is 1.72. The molecule has 3 rings (SSSR count). The molecule has 4 nitrogen and oxygen atoms in total. The van der Waals surface area contributed by atoms with E-state index in [0.29, 0.717) is 6.54 Å². The van der Waals surface area contributed by atoms with E-state index in [4.69, 9.17) is 10.5 Å². The molecular weight excluding hydrogens is 260 g/mol. The van der Waals surface area contributed by atoms with Crippen LogP contribution in [0.3, 0.4) is 0 Å². The minimum atomic E-state index is -0.681. The van der Waals surface area contributed by atoms with E-state index in [9.17, 15) is 4.79 Å². The van der Waals surface area contributed by atoms with Crippen LogP contribution in [-0.2, 0) is 21.5 Å². The zero-order valence-corrected chi connectivity index (χ0v) is 11.8. The van der Waals surface area contributed by atoms with Crippen LogP contribution < -0.4 is 11.1 Å². The maximum Gasteiger partial charge on any atom is 0.242 e. The maximum atomic E-state index is 12.1. The number of amides is 1. The number of hydrogen-bond donors (Lipinski definition) is 2. The van der Waals surface area contributed by atoms with E-state index in [0.717, 1.165) is 44.3 Å². The van der Waals surface area contributed by atoms with Crippen molar-refractivity contribution in [1.29, 1.82) is 0 Å². The Hall–Kier alpha value is -0.910. The second kappa shape index (κ2) is 5.23. The SMILES string of the molecule is NC(=O)C1(NCC2CCCO2)CCCc2sccc21. The van der Waals surface area contributed by atoms with Gasteiger partial charge in [0.05, 0.1) is 6.10 Å². The molecule has 1 aliphatic carbocycles. The minimum Gasteiger partial charge on any atom is -0.377 e. The van der Waals surface area contributed by atoms with Crippen molar-refractivity contribution in [2.24, 2.45) is 5.73 Å². The number of rotatable bonds is 4. The third-order valence-electron chi connectivity index (χ3n) is 4.24. The summed E-state index contributed by atoms with van der Waals surface area (Å²) in [6, 6.07) is 2.05. The number of hydrogen-bond acceptors (Lipinski definition) is 4. The average molecular weight is 280 g/mol. The maximum absolute atomic E-state index is 12.1. The van der Waals surface area contributed by atoms with Crippen molar-refractivity contribution < 1.29 is 9.53 Å². The molecule has 19 heavy (non-hydrogen) atoms. The van der Waals surface area contributed by atoms with Crippen molar-refractivity contribution in [3.05, 3.63) is 21.9 Å². The monoisotopic (exact) mass is 280 g/mol. The lowest BCUT2D eigenvalue weighted by Crippen LogP contribution is -2.55. The number of primary amides is 1. The quantitative estimate of drug-likeness (QED) is 0.879. The van der Waals surface area contributed by atoms with E-state index in [1.807, 2.05) is 6.07 Å². The molecule has 2 aliphatic rings. The normalized spacial score (nSPS) is 30.2. The molecule has 2 heterocycles. The second-order valence-electron chi connectivity index (χ2n) is 5.40. The first kappa shape index (κ1) is 13.1. The van der Waals surface area contributed by atoms with Gasteiger partial charge in [-0.3, -0.25) is 10.1 Å². The smallest absolute Gasteiger partial charge is 0.242 e. The van der Waals surface area contributed by atoms with E-state index in [2.05, 4.69) is 10.7 Å². The molecule has 0 spiro atoms. The topological polar surface area (TPSA) is 64.4 Å². The van der Waals surface area contributed by atoms with Crippen LogP contribution in [0.5, 0.6) is 0 Å². The van der Waals surface area contributed by atoms with Gasteiger partial charge >= 0.3 is 0 Å². The lowest BCUT2D eigenvalue weighted by atomic mass is 9.79. The van der Waals surface area contributed by atoms with Crippen molar-refractivity contribution in [1.82, 2.24) is 5.32 Å². The molecule has 1 fully saturated rings. The fraction of sp³-hybridized carbons (Fsp3) is 0.643. The summed E-state index contributed by atoms with van der Waals surface area (Å²) in [5, 5.41) is 5.48. The molecule has 5 heteroatoms. The molecule has 1 aromatic heterocycles. The molecular formula is C14H20N2O2S. The zero-order chi connectivity index (χ0) is 13.3. The molecule has 0 saturated carbocycles. The Morgan fingerprint density at radius 3 is 3.21 bits per heavy atom. The molecule has 1 amide bonds. The Bertz CT molecular complexity index is 468. The molecule has 0 aromatic carbocycles. The number of carbonyl (C=O) groups excluding carboxylic acids is 1. The van der Waals surface area contributed by atoms with Gasteiger partial charge in [0, 0.05) is 18.0 Å². The lowest BCUT2D eigenvalue weighted by molar-refractivity contribution is -0.125. The van der Waals surface area contributed by atoms with Gasteiger partial charge in [-0.2, -0.15) is 0 Å². The average Bonchev–Trinajstić information content (AvgIpc) is 3.07. The van der Waals surface area contributed by atoms with Gasteiger partial charge in [0.15, 0.2) is 0 Å². The van der Waals surface area contributed by atoms with Crippen LogP contribution in [0.1, 0.15) is 36.1 Å². The van der Waals surface area contributed by atoms with Crippen LogP contribution in [0.15, 0.2) is 11.4 Å². The lowest BCUT2D eigenvalue weighted by Gasteiger charge is -2.36. The Morgan fingerprint density at radius 1 is 1.58 bits per heavy atom. The number of fused-ring (bicyclic) bond motifs is 1. The molecule has 2 atom stereocenters. The third kappa shape index (κ3) is 2.30. The van der Waals surface area contributed by atoms with Crippen LogP contribution in [0.2, 0.25) is 0 Å². The van der Waals surface area contributed by atoms with Crippen LogP contribution in [0.25, 0.3) is 0 Å². The standard InChI is InChI=1S/C14H20N2O2S/c15-13(17)14(16-9-10-3-2-7-18-10)6-1-4-12-11(14)5-8-19-12/h5,8,10,16H,1-4,6-7,9H2,(H2,15,17). The number of thiophene rings is 1. The van der Waals surface area contributed by atoms with E-state index in [1.54, 1.807) is 11.3 Å².